The molecule has 1 spiro atoms. The number of fused-ring (bicyclic) bond motifs is 3. The average molecular weight is 1590 g/mol. The Hall–Kier alpha value is -7.00. The van der Waals surface area contributed by atoms with Crippen LogP contribution < -0.4 is 21.3 Å². The van der Waals surface area contributed by atoms with Crippen LogP contribution in [0.3, 0.4) is 0 Å². The van der Waals surface area contributed by atoms with Crippen LogP contribution in [0, 0.1) is 41.4 Å². The molecule has 8 fully saturated rings. The maximum Gasteiger partial charge on any atom is 0.397 e. The number of amides is 12. The molecule has 111 heavy (non-hydrogen) atoms. The van der Waals surface area contributed by atoms with Gasteiger partial charge in [-0.05, 0) is 172 Å². The summed E-state index contributed by atoms with van der Waals surface area (Å²) in [6.07, 6.45) is -13.7. The molecule has 3 unspecified atom stereocenters. The van der Waals surface area contributed by atoms with Gasteiger partial charge in [0, 0.05) is 82.5 Å². The van der Waals surface area contributed by atoms with Gasteiger partial charge in [0.25, 0.3) is 0 Å². The normalized spacial score (nSPS) is 32.7. The highest BCUT2D eigenvalue weighted by atomic mass is 19.4. The van der Waals surface area contributed by atoms with E-state index in [-0.39, 0.29) is 96.2 Å². The van der Waals surface area contributed by atoms with Crippen molar-refractivity contribution in [3.05, 3.63) is 0 Å². The fraction of sp³-hybridized carbons (Fsp3) is 0.844. The number of ether oxygens (including phenoxy) is 1. The van der Waals surface area contributed by atoms with Crippen molar-refractivity contribution in [1.29, 1.82) is 0 Å². The Morgan fingerprint density at radius 2 is 1.23 bits per heavy atom. The quantitative estimate of drug-likeness (QED) is 0.156. The molecular formula is C77H121F8N13O13. The van der Waals surface area contributed by atoms with E-state index in [0.717, 1.165) is 26.0 Å². The van der Waals surface area contributed by atoms with Gasteiger partial charge < -0.3 is 70.1 Å². The number of rotatable bonds is 13. The lowest BCUT2D eigenvalue weighted by Gasteiger charge is -2.46. The van der Waals surface area contributed by atoms with Crippen LogP contribution in [0.2, 0.25) is 0 Å². The van der Waals surface area contributed by atoms with Gasteiger partial charge in [-0.2, -0.15) is 26.3 Å². The predicted molar refractivity (Wildman–Crippen MR) is 392 cm³/mol. The highest BCUT2D eigenvalue weighted by Gasteiger charge is 2.56. The van der Waals surface area contributed by atoms with Crippen molar-refractivity contribution in [3.63, 3.8) is 0 Å². The van der Waals surface area contributed by atoms with Gasteiger partial charge in [-0.25, -0.2) is 8.78 Å². The molecule has 4 heterocycles. The molecule has 8 aliphatic rings. The molecule has 0 aromatic carbocycles. The number of halogens is 8. The summed E-state index contributed by atoms with van der Waals surface area (Å²) in [5.41, 5.74) is -1.69. The molecule has 4 saturated carbocycles. The van der Waals surface area contributed by atoms with Gasteiger partial charge in [0.15, 0.2) is 0 Å². The first-order valence-electron chi connectivity index (χ1n) is 40.3. The van der Waals surface area contributed by atoms with Crippen LogP contribution in [-0.4, -0.2) is 302 Å². The van der Waals surface area contributed by atoms with E-state index >= 15 is 47.1 Å². The van der Waals surface area contributed by atoms with E-state index in [0.29, 0.717) is 77.3 Å². The molecule has 628 valence electrons. The third-order valence-electron chi connectivity index (χ3n) is 25.5. The minimum absolute atomic E-state index is 0.00918. The van der Waals surface area contributed by atoms with Crippen LogP contribution >= 0.6 is 0 Å². The molecule has 2 bridgehead atoms. The zero-order valence-corrected chi connectivity index (χ0v) is 66.6. The largest absolute Gasteiger partial charge is 0.397 e. The fourth-order valence-corrected chi connectivity index (χ4v) is 18.3. The van der Waals surface area contributed by atoms with E-state index in [1.807, 2.05) is 0 Å². The lowest BCUT2D eigenvalue weighted by molar-refractivity contribution is -0.219. The number of hydrogen-bond acceptors (Lipinski definition) is 14. The monoisotopic (exact) mass is 1590 g/mol. The summed E-state index contributed by atoms with van der Waals surface area (Å²) < 4.78 is 122. The van der Waals surface area contributed by atoms with E-state index in [1.54, 1.807) is 20.8 Å². The molecule has 4 aliphatic carbocycles. The first-order valence-corrected chi connectivity index (χ1v) is 40.3. The molecular weight excluding hydrogens is 1470 g/mol. The zero-order valence-electron chi connectivity index (χ0n) is 66.6. The zero-order chi connectivity index (χ0) is 81.9. The predicted octanol–water partition coefficient (Wildman–Crippen LogP) is 5.92. The molecule has 8 rings (SSSR count). The maximum atomic E-state index is 15.6. The number of carbonyl (C=O) groups excluding carboxylic acids is 12. The van der Waals surface area contributed by atoms with Gasteiger partial charge in [-0.3, -0.25) is 57.5 Å². The van der Waals surface area contributed by atoms with Crippen molar-refractivity contribution in [2.45, 2.75) is 272 Å². The van der Waals surface area contributed by atoms with Gasteiger partial charge in [0.1, 0.15) is 72.1 Å². The minimum atomic E-state index is -5.22. The van der Waals surface area contributed by atoms with Crippen molar-refractivity contribution in [2.24, 2.45) is 41.4 Å². The highest BCUT2D eigenvalue weighted by Crippen LogP contribution is 2.46. The lowest BCUT2D eigenvalue weighted by atomic mass is 9.74. The second-order valence-corrected chi connectivity index (χ2v) is 33.3. The fourth-order valence-electron chi connectivity index (χ4n) is 18.3. The topological polar surface area (TPSA) is 291 Å². The van der Waals surface area contributed by atoms with Crippen LogP contribution in [0.4, 0.5) is 35.1 Å². The Morgan fingerprint density at radius 3 is 1.80 bits per heavy atom. The van der Waals surface area contributed by atoms with Gasteiger partial charge in [0.2, 0.25) is 70.9 Å². The first-order chi connectivity index (χ1) is 52.2. The molecule has 34 heteroatoms. The molecule has 4 aliphatic heterocycles. The Labute approximate surface area is 647 Å². The Kier molecular flexibility index (Phi) is 31.4. The number of likely N-dealkylation sites (N-methyl/N-ethyl adjacent to an activating group) is 7. The number of nitrogens with one attached hydrogen (secondary N) is 4. The number of carbonyl (C=O) groups is 12. The van der Waals surface area contributed by atoms with Crippen molar-refractivity contribution in [2.75, 3.05) is 102 Å². The Morgan fingerprint density at radius 1 is 0.595 bits per heavy atom. The summed E-state index contributed by atoms with van der Waals surface area (Å²) in [6.45, 7) is 4.63. The van der Waals surface area contributed by atoms with E-state index in [4.69, 9.17) is 4.74 Å². The lowest BCUT2D eigenvalue weighted by Crippen LogP contribution is -2.68. The number of nitrogens with zero attached hydrogens (tertiary/aromatic N) is 9. The number of hydrogen-bond donors (Lipinski definition) is 4. The molecule has 0 aromatic heterocycles. The van der Waals surface area contributed by atoms with Crippen LogP contribution in [0.1, 0.15) is 188 Å². The maximum absolute atomic E-state index is 15.6. The van der Waals surface area contributed by atoms with E-state index in [1.165, 1.54) is 80.9 Å². The third-order valence-corrected chi connectivity index (χ3v) is 25.5. The minimum Gasteiger partial charge on any atom is -0.377 e. The van der Waals surface area contributed by atoms with Crippen LogP contribution in [0.5, 0.6) is 0 Å². The van der Waals surface area contributed by atoms with Crippen LogP contribution in [0.15, 0.2) is 0 Å². The van der Waals surface area contributed by atoms with Gasteiger partial charge in [-0.1, -0.05) is 46.0 Å². The summed E-state index contributed by atoms with van der Waals surface area (Å²) in [6, 6.07) is -11.2. The van der Waals surface area contributed by atoms with Crippen molar-refractivity contribution < 1.29 is 97.4 Å². The van der Waals surface area contributed by atoms with Gasteiger partial charge in [-0.15, -0.1) is 0 Å². The molecule has 0 radical (unpaired) electrons. The van der Waals surface area contributed by atoms with Crippen molar-refractivity contribution in [1.82, 2.24) is 65.4 Å². The van der Waals surface area contributed by atoms with E-state index in [2.05, 4.69) is 21.3 Å². The van der Waals surface area contributed by atoms with Gasteiger partial charge >= 0.3 is 12.4 Å². The molecule has 12 amide bonds. The standard InChI is InChI=1S/C77H121F8N13O13/c1-12-45(3)64-72(108)92(7)44-62(101)93(8)55-24-15-14-18-34-97(71(55)107)59(37-46-25-28-50(29-26-46)76(80,81)82)70(106)91(6)43-60(99)87-54(30-27-47-35-52(78)63(53(79)36-47)77(83,84)85)68(104)98-42-51(111-13-2)39-57(98)67(103)89-75(31-20-32-75)74(110)96(11)65(49-22-16-17-23-49)73(109)95(10)58(69(105)90(4)5)40-61(100)94(9)56(66(102)88-64)38-48-21-19-33-86-41-48/h45-59,63-65,86H,12-44H2,1-11H3,(H,87,99)(H,88,102)(H,89,103)/t45-,46?,47?,48?,50?,51+,52?,53?,54-,55-,56-,57-,58-,59-,63?,64-,65-/m0/s1. The van der Waals surface area contributed by atoms with Crippen molar-refractivity contribution in [3.8, 4) is 0 Å². The highest BCUT2D eigenvalue weighted by molar-refractivity contribution is 6.01. The molecule has 4 saturated heterocycles. The van der Waals surface area contributed by atoms with E-state index < -0.39 is 230 Å². The number of alkyl halides is 8. The van der Waals surface area contributed by atoms with Crippen molar-refractivity contribution >= 4 is 70.9 Å². The molecule has 13 atom stereocenters. The summed E-state index contributed by atoms with van der Waals surface area (Å²) in [5, 5.41) is 11.9. The second-order valence-electron chi connectivity index (χ2n) is 33.3. The third kappa shape index (κ3) is 21.9. The summed E-state index contributed by atoms with van der Waals surface area (Å²) in [4.78, 5) is 193. The number of piperidine rings is 1. The van der Waals surface area contributed by atoms with Crippen LogP contribution in [0.25, 0.3) is 0 Å². The average Bonchev–Trinajstić information content (AvgIpc) is 1.74. The summed E-state index contributed by atoms with van der Waals surface area (Å²) in [7, 11) is 11.0. The molecule has 4 N–H and O–H groups in total. The van der Waals surface area contributed by atoms with Gasteiger partial charge in [0.05, 0.1) is 31.5 Å². The molecule has 0 aromatic rings. The second kappa shape index (κ2) is 38.9. The smallest absolute Gasteiger partial charge is 0.377 e. The Balaban J connectivity index is 1.21. The Bertz CT molecular complexity index is 3270. The van der Waals surface area contributed by atoms with E-state index in [9.17, 15) is 45.5 Å². The summed E-state index contributed by atoms with van der Waals surface area (Å²) >= 11 is 0. The SMILES string of the molecule is CCO[C@@H]1C[C@H]2C(=O)NC3(CCC3)C(=O)N(C)[C@@H](C3CCCC3)C(=O)N(C)[C@H](C(=O)N(C)C)CC(=O)N(C)[C@@H](CC3CCCNC3)C(=O)N[C@@H]([C@@H](C)CC)C(=O)N(C)CC(=O)N(C)[C@H]3CCCCCN(C3=O)[C@@H](CC3CCC(C(F)(F)F)CC3)C(=O)N(C)CC(=O)N[C@@H](CCC3CC(F)C(C(F)(F)F)C(F)C3)C(=O)N2C1. The van der Waals surface area contributed by atoms with Crippen LogP contribution in [-0.2, 0) is 62.3 Å². The molecule has 26 nitrogen and oxygen atoms in total. The first kappa shape index (κ1) is 89.5. The summed E-state index contributed by atoms with van der Waals surface area (Å²) in [5.74, 6) is -16.7.